The molecule has 0 saturated carbocycles. The predicted octanol–water partition coefficient (Wildman–Crippen LogP) is 2.53. The van der Waals surface area contributed by atoms with Gasteiger partial charge in [-0.15, -0.1) is 0 Å². The second-order valence-corrected chi connectivity index (χ2v) is 6.46. The Morgan fingerprint density at radius 2 is 2.21 bits per heavy atom. The highest BCUT2D eigenvalue weighted by atomic mass is 35.5. The Balaban J connectivity index is 1.46. The number of nitrogens with one attached hydrogen (secondary N) is 1. The molecule has 6 nitrogen and oxygen atoms in total. The van der Waals surface area contributed by atoms with E-state index < -0.39 is 0 Å². The van der Waals surface area contributed by atoms with Crippen LogP contribution in [0.5, 0.6) is 0 Å². The third-order valence-electron chi connectivity index (χ3n) is 4.20. The van der Waals surface area contributed by atoms with E-state index in [2.05, 4.69) is 20.4 Å². The Morgan fingerprint density at radius 1 is 1.42 bits per heavy atom. The van der Waals surface area contributed by atoms with Gasteiger partial charge in [-0.25, -0.2) is 0 Å². The van der Waals surface area contributed by atoms with Gasteiger partial charge in [0, 0.05) is 18.5 Å². The topological polar surface area (TPSA) is 71.3 Å². The zero-order valence-electron chi connectivity index (χ0n) is 13.7. The number of amides is 1. The van der Waals surface area contributed by atoms with Gasteiger partial charge < -0.3 is 9.84 Å². The molecule has 3 rings (SSSR count). The van der Waals surface area contributed by atoms with E-state index in [-0.39, 0.29) is 11.9 Å². The van der Waals surface area contributed by atoms with Gasteiger partial charge in [-0.3, -0.25) is 9.69 Å². The largest absolute Gasteiger partial charge is 0.355 e. The molecule has 1 fully saturated rings. The first-order valence-corrected chi connectivity index (χ1v) is 8.55. The molecule has 1 atom stereocenters. The number of carbonyl (C=O) groups is 1. The minimum Gasteiger partial charge on any atom is -0.355 e. The molecule has 2 aromatic rings. The van der Waals surface area contributed by atoms with Gasteiger partial charge in [-0.1, -0.05) is 28.9 Å². The highest BCUT2D eigenvalue weighted by molar-refractivity contribution is 6.30. The van der Waals surface area contributed by atoms with Gasteiger partial charge in [0.05, 0.1) is 12.6 Å². The molecule has 0 radical (unpaired) electrons. The van der Waals surface area contributed by atoms with Crippen molar-refractivity contribution in [2.45, 2.75) is 32.2 Å². The van der Waals surface area contributed by atoms with E-state index in [4.69, 9.17) is 16.1 Å². The monoisotopic (exact) mass is 348 g/mol. The van der Waals surface area contributed by atoms with Crippen molar-refractivity contribution in [1.82, 2.24) is 20.4 Å². The van der Waals surface area contributed by atoms with Gasteiger partial charge in [0.2, 0.25) is 11.8 Å². The molecule has 1 aromatic heterocycles. The zero-order chi connectivity index (χ0) is 16.9. The molecule has 0 aliphatic carbocycles. The molecule has 1 unspecified atom stereocenters. The molecular weight excluding hydrogens is 328 g/mol. The van der Waals surface area contributed by atoms with Crippen molar-refractivity contribution in [1.29, 1.82) is 0 Å². The summed E-state index contributed by atoms with van der Waals surface area (Å²) < 4.78 is 5.05. The molecular formula is C17H21ClN4O2. The molecule has 1 amide bonds. The van der Waals surface area contributed by atoms with Gasteiger partial charge in [0.25, 0.3) is 0 Å². The first kappa shape index (κ1) is 16.9. The Kier molecular flexibility index (Phi) is 5.48. The number of hydrogen-bond acceptors (Lipinski definition) is 5. The fourth-order valence-corrected chi connectivity index (χ4v) is 3.12. The van der Waals surface area contributed by atoms with Crippen LogP contribution in [0.3, 0.4) is 0 Å². The smallest absolute Gasteiger partial charge is 0.234 e. The quantitative estimate of drug-likeness (QED) is 0.868. The van der Waals surface area contributed by atoms with Gasteiger partial charge in [-0.2, -0.15) is 4.98 Å². The highest BCUT2D eigenvalue weighted by Crippen LogP contribution is 2.29. The Labute approximate surface area is 146 Å². The molecule has 1 aliphatic heterocycles. The third-order valence-corrected chi connectivity index (χ3v) is 4.45. The second-order valence-electron chi connectivity index (χ2n) is 6.03. The maximum atomic E-state index is 12.2. The third kappa shape index (κ3) is 4.33. The first-order chi connectivity index (χ1) is 11.6. The fourth-order valence-electron chi connectivity index (χ4n) is 3.00. The molecule has 1 saturated heterocycles. The number of hydrogen-bond donors (Lipinski definition) is 1. The number of aryl methyl sites for hydroxylation is 1. The van der Waals surface area contributed by atoms with E-state index in [1.165, 1.54) is 0 Å². The van der Waals surface area contributed by atoms with Gasteiger partial charge >= 0.3 is 0 Å². The molecule has 1 N–H and O–H groups in total. The van der Waals surface area contributed by atoms with Gasteiger partial charge in [0.15, 0.2) is 5.82 Å². The van der Waals surface area contributed by atoms with E-state index in [0.29, 0.717) is 24.8 Å². The number of nitrogens with zero attached hydrogens (tertiary/aromatic N) is 3. The standard InChI is InChI=1S/C17H21ClN4O2/c1-12-20-17(21-24-12)15-3-2-10-22(15)11-16(23)19-9-8-13-4-6-14(18)7-5-13/h4-7,15H,2-3,8-11H2,1H3,(H,19,23). The average molecular weight is 349 g/mol. The predicted molar refractivity (Wildman–Crippen MR) is 90.7 cm³/mol. The molecule has 0 bridgehead atoms. The number of carbonyl (C=O) groups excluding carboxylic acids is 1. The number of halogens is 1. The second kappa shape index (κ2) is 7.77. The van der Waals surface area contributed by atoms with Crippen LogP contribution >= 0.6 is 11.6 Å². The molecule has 7 heteroatoms. The number of benzene rings is 1. The van der Waals surface area contributed by atoms with Gasteiger partial charge in [-0.05, 0) is 43.5 Å². The summed E-state index contributed by atoms with van der Waals surface area (Å²) in [5.41, 5.74) is 1.15. The zero-order valence-corrected chi connectivity index (χ0v) is 14.4. The van der Waals surface area contributed by atoms with E-state index in [1.807, 2.05) is 24.3 Å². The lowest BCUT2D eigenvalue weighted by Crippen LogP contribution is -2.38. The van der Waals surface area contributed by atoms with Crippen molar-refractivity contribution in [3.63, 3.8) is 0 Å². The Bertz CT molecular complexity index is 686. The maximum Gasteiger partial charge on any atom is 0.234 e. The average Bonchev–Trinajstić information content (AvgIpc) is 3.18. The molecule has 1 aliphatic rings. The first-order valence-electron chi connectivity index (χ1n) is 8.17. The number of likely N-dealkylation sites (tertiary alicyclic amines) is 1. The lowest BCUT2D eigenvalue weighted by molar-refractivity contribution is -0.122. The summed E-state index contributed by atoms with van der Waals surface area (Å²) >= 11 is 5.86. The molecule has 1 aromatic carbocycles. The van der Waals surface area contributed by atoms with Crippen LogP contribution in [-0.2, 0) is 11.2 Å². The lowest BCUT2D eigenvalue weighted by atomic mass is 10.1. The highest BCUT2D eigenvalue weighted by Gasteiger charge is 2.30. The molecule has 2 heterocycles. The molecule has 0 spiro atoms. The SMILES string of the molecule is Cc1nc(C2CCCN2CC(=O)NCCc2ccc(Cl)cc2)no1. The summed E-state index contributed by atoms with van der Waals surface area (Å²) in [5.74, 6) is 1.26. The number of rotatable bonds is 6. The van der Waals surface area contributed by atoms with Crippen LogP contribution in [0.15, 0.2) is 28.8 Å². The minimum atomic E-state index is 0.0241. The molecule has 24 heavy (non-hydrogen) atoms. The maximum absolute atomic E-state index is 12.2. The van der Waals surface area contributed by atoms with E-state index in [9.17, 15) is 4.79 Å². The van der Waals surface area contributed by atoms with Crippen LogP contribution < -0.4 is 5.32 Å². The number of aromatic nitrogens is 2. The van der Waals surface area contributed by atoms with E-state index in [1.54, 1.807) is 6.92 Å². The Hall–Kier alpha value is -1.92. The normalized spacial score (nSPS) is 18.0. The van der Waals surface area contributed by atoms with Crippen molar-refractivity contribution in [3.8, 4) is 0 Å². The molecule has 128 valence electrons. The Morgan fingerprint density at radius 3 is 2.92 bits per heavy atom. The van der Waals surface area contributed by atoms with Crippen LogP contribution in [0.2, 0.25) is 5.02 Å². The summed E-state index contributed by atoms with van der Waals surface area (Å²) in [5, 5.41) is 7.69. The summed E-state index contributed by atoms with van der Waals surface area (Å²) in [6.45, 7) is 3.63. The van der Waals surface area contributed by atoms with Crippen LogP contribution in [-0.4, -0.2) is 40.6 Å². The van der Waals surface area contributed by atoms with E-state index in [0.717, 1.165) is 36.4 Å². The summed E-state index contributed by atoms with van der Waals surface area (Å²) in [7, 11) is 0. The van der Waals surface area contributed by atoms with Crippen LogP contribution in [0, 0.1) is 6.92 Å². The van der Waals surface area contributed by atoms with Crippen molar-refractivity contribution in [2.24, 2.45) is 0 Å². The summed E-state index contributed by atoms with van der Waals surface area (Å²) in [6.07, 6.45) is 2.78. The van der Waals surface area contributed by atoms with Crippen molar-refractivity contribution in [2.75, 3.05) is 19.6 Å². The summed E-state index contributed by atoms with van der Waals surface area (Å²) in [6, 6.07) is 7.75. The van der Waals surface area contributed by atoms with Crippen molar-refractivity contribution >= 4 is 17.5 Å². The van der Waals surface area contributed by atoms with Crippen LogP contribution in [0.25, 0.3) is 0 Å². The minimum absolute atomic E-state index is 0.0241. The van der Waals surface area contributed by atoms with E-state index >= 15 is 0 Å². The lowest BCUT2D eigenvalue weighted by Gasteiger charge is -2.21. The fraction of sp³-hybridized carbons (Fsp3) is 0.471. The van der Waals surface area contributed by atoms with Crippen molar-refractivity contribution < 1.29 is 9.32 Å². The van der Waals surface area contributed by atoms with Crippen LogP contribution in [0.4, 0.5) is 0 Å². The van der Waals surface area contributed by atoms with Gasteiger partial charge in [0.1, 0.15) is 0 Å². The van der Waals surface area contributed by atoms with Crippen molar-refractivity contribution in [3.05, 3.63) is 46.6 Å². The summed E-state index contributed by atoms with van der Waals surface area (Å²) in [4.78, 5) is 18.6. The van der Waals surface area contributed by atoms with Crippen LogP contribution in [0.1, 0.15) is 36.2 Å².